The number of ether oxygens (including phenoxy) is 2. The summed E-state index contributed by atoms with van der Waals surface area (Å²) >= 11 is 0. The molecule has 0 aliphatic carbocycles. The van der Waals surface area contributed by atoms with Crippen LogP contribution in [-0.4, -0.2) is 75.6 Å². The average Bonchev–Trinajstić information content (AvgIpc) is 2.98. The van der Waals surface area contributed by atoms with Crippen molar-refractivity contribution in [3.8, 4) is 0 Å². The van der Waals surface area contributed by atoms with Crippen molar-refractivity contribution in [2.45, 2.75) is 174 Å². The fourth-order valence-electron chi connectivity index (χ4n) is 5.20. The number of phosphoric acid groups is 1. The number of likely N-dealkylation sites (N-methyl/N-ethyl adjacent to an activating group) is 1. The zero-order valence-electron chi connectivity index (χ0n) is 30.4. The lowest BCUT2D eigenvalue weighted by atomic mass is 10.0. The molecular formula is C36H75NO7P+. The van der Waals surface area contributed by atoms with Crippen LogP contribution in [0.3, 0.4) is 0 Å². The molecular weight excluding hydrogens is 589 g/mol. The first-order chi connectivity index (χ1) is 21.6. The molecule has 270 valence electrons. The van der Waals surface area contributed by atoms with E-state index in [0.29, 0.717) is 24.1 Å². The summed E-state index contributed by atoms with van der Waals surface area (Å²) in [5.74, 6) is -0.318. The molecule has 0 fully saturated rings. The number of unbranched alkanes of at least 4 members (excludes halogenated alkanes) is 21. The first-order valence-corrected chi connectivity index (χ1v) is 20.3. The Labute approximate surface area is 278 Å². The third-order valence-corrected chi connectivity index (χ3v) is 9.15. The lowest BCUT2D eigenvalue weighted by Crippen LogP contribution is -2.37. The largest absolute Gasteiger partial charge is 0.472 e. The lowest BCUT2D eigenvalue weighted by molar-refractivity contribution is -0.870. The predicted octanol–water partition coefficient (Wildman–Crippen LogP) is 10.2. The number of quaternary nitrogens is 1. The number of esters is 1. The summed E-state index contributed by atoms with van der Waals surface area (Å²) in [6, 6.07) is 0. The molecule has 8 nitrogen and oxygen atoms in total. The zero-order valence-corrected chi connectivity index (χ0v) is 31.3. The second kappa shape index (κ2) is 30.8. The Morgan fingerprint density at radius 1 is 0.600 bits per heavy atom. The van der Waals surface area contributed by atoms with Gasteiger partial charge in [0.15, 0.2) is 0 Å². The van der Waals surface area contributed by atoms with Crippen LogP contribution in [0, 0.1) is 0 Å². The van der Waals surface area contributed by atoms with Gasteiger partial charge in [-0.25, -0.2) is 4.57 Å². The van der Waals surface area contributed by atoms with Crippen molar-refractivity contribution in [3.63, 3.8) is 0 Å². The van der Waals surface area contributed by atoms with Gasteiger partial charge in [-0.15, -0.1) is 0 Å². The quantitative estimate of drug-likeness (QED) is 0.0312. The summed E-state index contributed by atoms with van der Waals surface area (Å²) < 4.78 is 34.7. The number of phosphoric ester groups is 1. The molecule has 2 unspecified atom stereocenters. The number of carbonyl (C=O) groups excluding carboxylic acids is 1. The van der Waals surface area contributed by atoms with Crippen molar-refractivity contribution in [3.05, 3.63) is 0 Å². The lowest BCUT2D eigenvalue weighted by Gasteiger charge is -2.24. The highest BCUT2D eigenvalue weighted by Crippen LogP contribution is 2.43. The SMILES string of the molecule is CCCCCCCCCCCCCCCCCCOCC(COP(=O)(O)OCC[N+](C)(C)C)OC(=O)CCCCCCCCC. The Hall–Kier alpha value is -0.500. The third-order valence-electron chi connectivity index (χ3n) is 8.17. The van der Waals surface area contributed by atoms with Gasteiger partial charge in [0.05, 0.1) is 34.4 Å². The van der Waals surface area contributed by atoms with E-state index in [2.05, 4.69) is 13.8 Å². The molecule has 0 saturated heterocycles. The van der Waals surface area contributed by atoms with Gasteiger partial charge in [0.25, 0.3) is 0 Å². The molecule has 0 aromatic heterocycles. The van der Waals surface area contributed by atoms with E-state index in [4.69, 9.17) is 18.5 Å². The Morgan fingerprint density at radius 3 is 1.47 bits per heavy atom. The third kappa shape index (κ3) is 34.6. The summed E-state index contributed by atoms with van der Waals surface area (Å²) in [4.78, 5) is 22.6. The molecule has 0 amide bonds. The van der Waals surface area contributed by atoms with Gasteiger partial charge in [-0.05, 0) is 12.8 Å². The molecule has 0 aliphatic heterocycles. The summed E-state index contributed by atoms with van der Waals surface area (Å²) in [5.41, 5.74) is 0. The molecule has 0 aliphatic rings. The first kappa shape index (κ1) is 44.5. The summed E-state index contributed by atoms with van der Waals surface area (Å²) in [6.07, 6.45) is 28.5. The van der Waals surface area contributed by atoms with Crippen molar-refractivity contribution in [2.24, 2.45) is 0 Å². The van der Waals surface area contributed by atoms with Gasteiger partial charge in [-0.1, -0.05) is 149 Å². The minimum atomic E-state index is -4.25. The highest BCUT2D eigenvalue weighted by Gasteiger charge is 2.26. The van der Waals surface area contributed by atoms with Crippen molar-refractivity contribution in [2.75, 3.05) is 54.1 Å². The van der Waals surface area contributed by atoms with Crippen molar-refractivity contribution in [1.82, 2.24) is 0 Å². The van der Waals surface area contributed by atoms with Crippen molar-refractivity contribution in [1.29, 1.82) is 0 Å². The van der Waals surface area contributed by atoms with Gasteiger partial charge in [0.1, 0.15) is 19.3 Å². The fraction of sp³-hybridized carbons (Fsp3) is 0.972. The molecule has 0 heterocycles. The fourth-order valence-corrected chi connectivity index (χ4v) is 5.94. The topological polar surface area (TPSA) is 91.3 Å². The van der Waals surface area contributed by atoms with Crippen LogP contribution < -0.4 is 0 Å². The monoisotopic (exact) mass is 665 g/mol. The maximum atomic E-state index is 12.5. The minimum absolute atomic E-state index is 0.0930. The van der Waals surface area contributed by atoms with E-state index in [1.165, 1.54) is 116 Å². The number of carbonyl (C=O) groups is 1. The number of nitrogens with zero attached hydrogens (tertiary/aromatic N) is 1. The Morgan fingerprint density at radius 2 is 1.02 bits per heavy atom. The number of rotatable bonds is 35. The van der Waals surface area contributed by atoms with Gasteiger partial charge < -0.3 is 18.9 Å². The highest BCUT2D eigenvalue weighted by molar-refractivity contribution is 7.47. The second-order valence-electron chi connectivity index (χ2n) is 14.0. The van der Waals surface area contributed by atoms with Gasteiger partial charge in [0.2, 0.25) is 0 Å². The van der Waals surface area contributed by atoms with Crippen LogP contribution in [0.2, 0.25) is 0 Å². The average molecular weight is 665 g/mol. The smallest absolute Gasteiger partial charge is 0.457 e. The van der Waals surface area contributed by atoms with Crippen LogP contribution in [0.5, 0.6) is 0 Å². The Kier molecular flexibility index (Phi) is 30.5. The van der Waals surface area contributed by atoms with Crippen LogP contribution in [0.4, 0.5) is 0 Å². The van der Waals surface area contributed by atoms with Crippen molar-refractivity contribution >= 4 is 13.8 Å². The van der Waals surface area contributed by atoms with E-state index in [0.717, 1.165) is 32.1 Å². The minimum Gasteiger partial charge on any atom is -0.457 e. The zero-order chi connectivity index (χ0) is 33.5. The van der Waals surface area contributed by atoms with Gasteiger partial charge in [-0.3, -0.25) is 13.8 Å². The Bertz CT molecular complexity index is 701. The van der Waals surface area contributed by atoms with Crippen molar-refractivity contribution < 1.29 is 37.3 Å². The van der Waals surface area contributed by atoms with E-state index in [-0.39, 0.29) is 25.8 Å². The molecule has 2 atom stereocenters. The molecule has 0 bridgehead atoms. The van der Waals surface area contributed by atoms with Crippen LogP contribution in [0.1, 0.15) is 168 Å². The second-order valence-corrected chi connectivity index (χ2v) is 15.4. The molecule has 0 spiro atoms. The maximum absolute atomic E-state index is 12.5. The maximum Gasteiger partial charge on any atom is 0.472 e. The molecule has 45 heavy (non-hydrogen) atoms. The van der Waals surface area contributed by atoms with Crippen LogP contribution in [0.15, 0.2) is 0 Å². The van der Waals surface area contributed by atoms with Gasteiger partial charge >= 0.3 is 13.8 Å². The van der Waals surface area contributed by atoms with E-state index in [1.54, 1.807) is 0 Å². The predicted molar refractivity (Wildman–Crippen MR) is 187 cm³/mol. The summed E-state index contributed by atoms with van der Waals surface area (Å²) in [6.45, 7) is 5.61. The highest BCUT2D eigenvalue weighted by atomic mass is 31.2. The summed E-state index contributed by atoms with van der Waals surface area (Å²) in [7, 11) is 1.68. The van der Waals surface area contributed by atoms with Crippen LogP contribution in [0.25, 0.3) is 0 Å². The van der Waals surface area contributed by atoms with Crippen LogP contribution in [-0.2, 0) is 27.9 Å². The van der Waals surface area contributed by atoms with Gasteiger partial charge in [-0.2, -0.15) is 0 Å². The first-order valence-electron chi connectivity index (χ1n) is 18.8. The molecule has 9 heteroatoms. The normalized spacial score (nSPS) is 14.0. The molecule has 0 aromatic rings. The van der Waals surface area contributed by atoms with Crippen LogP contribution >= 0.6 is 7.82 Å². The molecule has 1 N–H and O–H groups in total. The molecule has 0 aromatic carbocycles. The van der Waals surface area contributed by atoms with Gasteiger partial charge in [0, 0.05) is 13.0 Å². The van der Waals surface area contributed by atoms with E-state index < -0.39 is 13.9 Å². The van der Waals surface area contributed by atoms with E-state index in [1.807, 2.05) is 21.1 Å². The molecule has 0 radical (unpaired) electrons. The summed E-state index contributed by atoms with van der Waals surface area (Å²) in [5, 5.41) is 0. The standard InChI is InChI=1S/C36H74NO7P/c1-6-8-10-12-14-15-16-17-18-19-20-21-22-24-26-28-31-41-33-35(34-43-45(39,40)42-32-30-37(3,4)5)44-36(38)29-27-25-23-13-11-9-7-2/h35H,6-34H2,1-5H3/p+1. The molecule has 0 rings (SSSR count). The Balaban J connectivity index is 4.16. The number of hydrogen-bond acceptors (Lipinski definition) is 6. The molecule has 0 saturated carbocycles. The van der Waals surface area contributed by atoms with E-state index in [9.17, 15) is 14.3 Å². The van der Waals surface area contributed by atoms with E-state index >= 15 is 0 Å². The number of hydrogen-bond donors (Lipinski definition) is 1.